The number of hydrogen-bond acceptors (Lipinski definition) is 4. The Morgan fingerprint density at radius 3 is 2.71 bits per heavy atom. The third-order valence-electron chi connectivity index (χ3n) is 2.60. The van der Waals surface area contributed by atoms with Crippen LogP contribution in [0.2, 0.25) is 0 Å². The maximum absolute atomic E-state index is 11.0. The number of aromatic carboxylic acids is 1. The molecule has 6 heteroatoms. The van der Waals surface area contributed by atoms with E-state index in [1.807, 2.05) is 0 Å². The van der Waals surface area contributed by atoms with E-state index in [9.17, 15) is 4.79 Å². The molecule has 1 fully saturated rings. The molecular weight excluding hydrogens is 290 g/mol. The molecule has 0 amide bonds. The van der Waals surface area contributed by atoms with Crippen molar-refractivity contribution in [1.29, 1.82) is 0 Å². The van der Waals surface area contributed by atoms with E-state index in [2.05, 4.69) is 20.9 Å². The van der Waals surface area contributed by atoms with Gasteiger partial charge in [0.15, 0.2) is 10.4 Å². The van der Waals surface area contributed by atoms with E-state index in [0.29, 0.717) is 16.1 Å². The van der Waals surface area contributed by atoms with Crippen molar-refractivity contribution >= 4 is 21.9 Å². The van der Waals surface area contributed by atoms with E-state index in [1.54, 1.807) is 12.1 Å². The lowest BCUT2D eigenvalue weighted by Crippen LogP contribution is -1.98. The number of carboxylic acid groups (broad SMARTS) is 1. The fourth-order valence-electron chi connectivity index (χ4n) is 1.65. The van der Waals surface area contributed by atoms with Gasteiger partial charge >= 0.3 is 5.97 Å². The molecule has 1 N–H and O–H groups in total. The highest BCUT2D eigenvalue weighted by Crippen LogP contribution is 2.42. The van der Waals surface area contributed by atoms with Crippen LogP contribution >= 0.6 is 15.9 Å². The molecule has 5 nitrogen and oxygen atoms in total. The third kappa shape index (κ3) is 1.88. The molecular formula is C11H8BrNO4. The molecule has 0 spiro atoms. The van der Waals surface area contributed by atoms with Crippen molar-refractivity contribution < 1.29 is 18.7 Å². The first-order chi connectivity index (χ1) is 8.15. The van der Waals surface area contributed by atoms with E-state index >= 15 is 0 Å². The van der Waals surface area contributed by atoms with Gasteiger partial charge in [0.1, 0.15) is 0 Å². The minimum atomic E-state index is -1.09. The second-order valence-corrected chi connectivity index (χ2v) is 4.70. The lowest BCUT2D eigenvalue weighted by molar-refractivity contribution is 0.0661. The van der Waals surface area contributed by atoms with Crippen molar-refractivity contribution in [1.82, 2.24) is 4.98 Å². The number of rotatable bonds is 3. The smallest absolute Gasteiger partial charge is 0.373 e. The van der Waals surface area contributed by atoms with E-state index < -0.39 is 5.97 Å². The summed E-state index contributed by atoms with van der Waals surface area (Å²) < 4.78 is 11.1. The number of halogens is 1. The summed E-state index contributed by atoms with van der Waals surface area (Å²) in [6, 6.07) is 3.38. The molecule has 1 aliphatic carbocycles. The zero-order chi connectivity index (χ0) is 12.0. The molecule has 2 aromatic heterocycles. The van der Waals surface area contributed by atoms with Crippen LogP contribution in [-0.4, -0.2) is 16.1 Å². The van der Waals surface area contributed by atoms with Crippen molar-refractivity contribution in [3.05, 3.63) is 28.3 Å². The van der Waals surface area contributed by atoms with Crippen molar-refractivity contribution in [2.75, 3.05) is 0 Å². The molecule has 0 atom stereocenters. The monoisotopic (exact) mass is 297 g/mol. The molecule has 0 aliphatic heterocycles. The van der Waals surface area contributed by atoms with Crippen molar-refractivity contribution in [3.63, 3.8) is 0 Å². The predicted octanol–water partition coefficient (Wildman–Crippen LogP) is 3.27. The van der Waals surface area contributed by atoms with Gasteiger partial charge in [-0.1, -0.05) is 0 Å². The van der Waals surface area contributed by atoms with E-state index in [4.69, 9.17) is 13.9 Å². The first-order valence-electron chi connectivity index (χ1n) is 5.15. The van der Waals surface area contributed by atoms with Crippen molar-refractivity contribution in [3.8, 4) is 11.7 Å². The molecule has 2 heterocycles. The van der Waals surface area contributed by atoms with Crippen LogP contribution in [0.4, 0.5) is 0 Å². The van der Waals surface area contributed by atoms with Gasteiger partial charge < -0.3 is 13.9 Å². The highest BCUT2D eigenvalue weighted by molar-refractivity contribution is 9.10. The first-order valence-corrected chi connectivity index (χ1v) is 5.94. The number of carboxylic acids is 1. The molecule has 0 aromatic carbocycles. The zero-order valence-electron chi connectivity index (χ0n) is 8.64. The second-order valence-electron chi connectivity index (χ2n) is 3.92. The maximum Gasteiger partial charge on any atom is 0.373 e. The lowest BCUT2D eigenvalue weighted by Gasteiger charge is -1.89. The van der Waals surface area contributed by atoms with Gasteiger partial charge in [-0.3, -0.25) is 0 Å². The Kier molecular flexibility index (Phi) is 2.32. The summed E-state index contributed by atoms with van der Waals surface area (Å²) in [7, 11) is 0. The Morgan fingerprint density at radius 1 is 1.41 bits per heavy atom. The zero-order valence-corrected chi connectivity index (χ0v) is 10.2. The Hall–Kier alpha value is -1.56. The molecule has 0 unspecified atom stereocenters. The number of carbonyl (C=O) groups is 1. The minimum absolute atomic E-state index is 0.0741. The number of hydrogen-bond donors (Lipinski definition) is 1. The minimum Gasteiger partial charge on any atom is -0.475 e. The number of furan rings is 1. The average molecular weight is 298 g/mol. The van der Waals surface area contributed by atoms with Gasteiger partial charge in [0.05, 0.1) is 5.69 Å². The maximum atomic E-state index is 11.0. The van der Waals surface area contributed by atoms with Gasteiger partial charge in [-0.25, -0.2) is 9.78 Å². The van der Waals surface area contributed by atoms with Crippen LogP contribution in [0.5, 0.6) is 0 Å². The Balaban J connectivity index is 2.06. The van der Waals surface area contributed by atoms with Gasteiger partial charge in [-0.15, -0.1) is 0 Å². The first kappa shape index (κ1) is 10.6. The summed E-state index contributed by atoms with van der Waals surface area (Å²) in [5, 5.41) is 9.03. The summed E-state index contributed by atoms with van der Waals surface area (Å²) in [4.78, 5) is 15.2. The Bertz CT molecular complexity index is 582. The molecule has 88 valence electrons. The fourth-order valence-corrected chi connectivity index (χ4v) is 1.96. The largest absolute Gasteiger partial charge is 0.475 e. The standard InChI is InChI=1S/C11H8BrNO4/c12-7-4-3-6(16-7)10-13-8(5-1-2-5)9(17-10)11(14)15/h3-5H,1-2H2,(H,14,15). The normalized spacial score (nSPS) is 15.1. The fraction of sp³-hybridized carbons (Fsp3) is 0.273. The molecule has 0 saturated heterocycles. The van der Waals surface area contributed by atoms with Crippen LogP contribution < -0.4 is 0 Å². The van der Waals surface area contributed by atoms with E-state index in [0.717, 1.165) is 12.8 Å². The second kappa shape index (κ2) is 3.73. The van der Waals surface area contributed by atoms with Crippen molar-refractivity contribution in [2.45, 2.75) is 18.8 Å². The predicted molar refractivity (Wildman–Crippen MR) is 60.8 cm³/mol. The highest BCUT2D eigenvalue weighted by Gasteiger charge is 2.34. The molecule has 1 saturated carbocycles. The van der Waals surface area contributed by atoms with Crippen LogP contribution in [0.15, 0.2) is 25.6 Å². The molecule has 1 aliphatic rings. The van der Waals surface area contributed by atoms with Gasteiger partial charge in [0, 0.05) is 5.92 Å². The summed E-state index contributed by atoms with van der Waals surface area (Å²) in [5.41, 5.74) is 0.528. The average Bonchev–Trinajstić information content (AvgIpc) is 2.87. The lowest BCUT2D eigenvalue weighted by atomic mass is 10.2. The molecule has 2 aromatic rings. The molecule has 0 radical (unpaired) electrons. The van der Waals surface area contributed by atoms with Gasteiger partial charge in [0.25, 0.3) is 5.89 Å². The van der Waals surface area contributed by atoms with Gasteiger partial charge in [-0.2, -0.15) is 0 Å². The SMILES string of the molecule is O=C(O)c1oc(-c2ccc(Br)o2)nc1C1CC1. The number of aromatic nitrogens is 1. The molecule has 3 rings (SSSR count). The Labute approximate surface area is 105 Å². The quantitative estimate of drug-likeness (QED) is 0.941. The summed E-state index contributed by atoms with van der Waals surface area (Å²) >= 11 is 3.17. The number of nitrogens with zero attached hydrogens (tertiary/aromatic N) is 1. The summed E-state index contributed by atoms with van der Waals surface area (Å²) in [6.45, 7) is 0. The van der Waals surface area contributed by atoms with Gasteiger partial charge in [0.2, 0.25) is 5.76 Å². The number of oxazole rings is 1. The van der Waals surface area contributed by atoms with Crippen LogP contribution in [0.25, 0.3) is 11.7 Å². The van der Waals surface area contributed by atoms with Crippen LogP contribution in [-0.2, 0) is 0 Å². The van der Waals surface area contributed by atoms with Crippen LogP contribution in [0, 0.1) is 0 Å². The van der Waals surface area contributed by atoms with Crippen LogP contribution in [0.3, 0.4) is 0 Å². The van der Waals surface area contributed by atoms with Gasteiger partial charge in [-0.05, 0) is 40.9 Å². The van der Waals surface area contributed by atoms with E-state index in [1.165, 1.54) is 0 Å². The highest BCUT2D eigenvalue weighted by atomic mass is 79.9. The Morgan fingerprint density at radius 2 is 2.18 bits per heavy atom. The molecule has 17 heavy (non-hydrogen) atoms. The van der Waals surface area contributed by atoms with Crippen molar-refractivity contribution in [2.24, 2.45) is 0 Å². The topological polar surface area (TPSA) is 76.5 Å². The third-order valence-corrected chi connectivity index (χ3v) is 3.02. The van der Waals surface area contributed by atoms with E-state index in [-0.39, 0.29) is 17.6 Å². The van der Waals surface area contributed by atoms with Crippen LogP contribution in [0.1, 0.15) is 35.0 Å². The molecule has 0 bridgehead atoms. The summed E-state index contributed by atoms with van der Waals surface area (Å²) in [5.74, 6) is -0.301. The summed E-state index contributed by atoms with van der Waals surface area (Å²) in [6.07, 6.45) is 1.93.